The molecule has 28 heavy (non-hydrogen) atoms. The Morgan fingerprint density at radius 1 is 0.893 bits per heavy atom. The van der Waals surface area contributed by atoms with Crippen LogP contribution in [0.2, 0.25) is 0 Å². The lowest BCUT2D eigenvalue weighted by atomic mass is 10.1. The van der Waals surface area contributed by atoms with Crippen molar-refractivity contribution in [3.05, 3.63) is 94.5 Å². The van der Waals surface area contributed by atoms with Crippen LogP contribution in [-0.2, 0) is 9.53 Å². The van der Waals surface area contributed by atoms with E-state index in [2.05, 4.69) is 5.32 Å². The predicted octanol–water partition coefficient (Wildman–Crippen LogP) is 4.06. The van der Waals surface area contributed by atoms with Crippen LogP contribution in [0, 0.1) is 10.1 Å². The van der Waals surface area contributed by atoms with Gasteiger partial charge in [-0.15, -0.1) is 0 Å². The van der Waals surface area contributed by atoms with Crippen LogP contribution in [0.4, 0.5) is 11.4 Å². The zero-order valence-electron chi connectivity index (χ0n) is 14.7. The molecule has 3 aromatic carbocycles. The number of hydrogen-bond acceptors (Lipinski definition) is 5. The minimum atomic E-state index is -0.807. The fourth-order valence-electron chi connectivity index (χ4n) is 2.53. The number of hydrogen-bond donors (Lipinski definition) is 1. The van der Waals surface area contributed by atoms with Crippen LogP contribution in [0.25, 0.3) is 11.1 Å². The van der Waals surface area contributed by atoms with E-state index in [1.54, 1.807) is 12.1 Å². The number of carbonyl (C=O) groups excluding carboxylic acids is 2. The number of rotatable bonds is 6. The largest absolute Gasteiger partial charge is 0.452 e. The Morgan fingerprint density at radius 2 is 1.57 bits per heavy atom. The van der Waals surface area contributed by atoms with E-state index in [0.717, 1.165) is 17.2 Å². The summed E-state index contributed by atoms with van der Waals surface area (Å²) in [5, 5.41) is 13.4. The summed E-state index contributed by atoms with van der Waals surface area (Å²) in [4.78, 5) is 34.1. The van der Waals surface area contributed by atoms with Crippen LogP contribution >= 0.6 is 0 Å². The number of amides is 1. The molecule has 140 valence electrons. The van der Waals surface area contributed by atoms with E-state index < -0.39 is 23.4 Å². The highest BCUT2D eigenvalue weighted by Crippen LogP contribution is 2.21. The SMILES string of the molecule is O=C(COC(=O)c1cccc([N+](=O)[O-])c1)Nc1ccc(-c2ccccc2)cc1. The molecule has 3 rings (SSSR count). The van der Waals surface area contributed by atoms with Gasteiger partial charge in [0.1, 0.15) is 0 Å². The second kappa shape index (κ2) is 8.59. The van der Waals surface area contributed by atoms with Crippen LogP contribution < -0.4 is 5.32 Å². The molecule has 7 nitrogen and oxygen atoms in total. The standard InChI is InChI=1S/C21H16N2O5/c24-20(14-28-21(25)17-7-4-8-19(13-17)23(26)27)22-18-11-9-16(10-12-18)15-5-2-1-3-6-15/h1-13H,14H2,(H,22,24). The maximum Gasteiger partial charge on any atom is 0.338 e. The van der Waals surface area contributed by atoms with Gasteiger partial charge in [-0.05, 0) is 29.3 Å². The Hall–Kier alpha value is -4.00. The van der Waals surface area contributed by atoms with Crippen LogP contribution in [0.15, 0.2) is 78.9 Å². The number of nitrogens with one attached hydrogen (secondary N) is 1. The van der Waals surface area contributed by atoms with E-state index in [9.17, 15) is 19.7 Å². The van der Waals surface area contributed by atoms with Crippen LogP contribution in [0.3, 0.4) is 0 Å². The topological polar surface area (TPSA) is 98.5 Å². The quantitative estimate of drug-likeness (QED) is 0.397. The zero-order valence-corrected chi connectivity index (χ0v) is 14.7. The molecular formula is C21H16N2O5. The molecule has 0 saturated heterocycles. The maximum absolute atomic E-state index is 12.0. The molecule has 0 aliphatic carbocycles. The third kappa shape index (κ3) is 4.79. The summed E-state index contributed by atoms with van der Waals surface area (Å²) in [6.07, 6.45) is 0. The molecule has 0 unspecified atom stereocenters. The lowest BCUT2D eigenvalue weighted by Crippen LogP contribution is -2.20. The molecule has 0 aliphatic rings. The Kier molecular flexibility index (Phi) is 5.76. The van der Waals surface area contributed by atoms with E-state index in [1.165, 1.54) is 18.2 Å². The van der Waals surface area contributed by atoms with Crippen molar-refractivity contribution in [2.45, 2.75) is 0 Å². The van der Waals surface area contributed by atoms with Gasteiger partial charge in [-0.1, -0.05) is 48.5 Å². The first kappa shape index (κ1) is 18.8. The van der Waals surface area contributed by atoms with Gasteiger partial charge in [-0.3, -0.25) is 14.9 Å². The Balaban J connectivity index is 1.55. The number of benzene rings is 3. The van der Waals surface area contributed by atoms with Crippen molar-refractivity contribution in [2.24, 2.45) is 0 Å². The molecule has 1 amide bonds. The Bertz CT molecular complexity index is 1000. The van der Waals surface area contributed by atoms with Crippen molar-refractivity contribution < 1.29 is 19.2 Å². The van der Waals surface area contributed by atoms with Gasteiger partial charge in [0, 0.05) is 17.8 Å². The Labute approximate surface area is 160 Å². The van der Waals surface area contributed by atoms with Crippen molar-refractivity contribution >= 4 is 23.3 Å². The molecule has 3 aromatic rings. The highest BCUT2D eigenvalue weighted by atomic mass is 16.6. The summed E-state index contributed by atoms with van der Waals surface area (Å²) in [6.45, 7) is -0.498. The molecule has 0 aliphatic heterocycles. The minimum absolute atomic E-state index is 0.00853. The Morgan fingerprint density at radius 3 is 2.25 bits per heavy atom. The van der Waals surface area contributed by atoms with Crippen molar-refractivity contribution in [3.63, 3.8) is 0 Å². The fourth-order valence-corrected chi connectivity index (χ4v) is 2.53. The number of nitro groups is 1. The normalized spacial score (nSPS) is 10.1. The molecule has 0 heterocycles. The lowest BCUT2D eigenvalue weighted by molar-refractivity contribution is -0.384. The van der Waals surface area contributed by atoms with Gasteiger partial charge in [0.25, 0.3) is 11.6 Å². The average Bonchev–Trinajstić information content (AvgIpc) is 2.73. The molecule has 7 heteroatoms. The number of nitrogens with zero attached hydrogens (tertiary/aromatic N) is 1. The minimum Gasteiger partial charge on any atom is -0.452 e. The van der Waals surface area contributed by atoms with Crippen LogP contribution in [0.1, 0.15) is 10.4 Å². The molecule has 0 spiro atoms. The van der Waals surface area contributed by atoms with E-state index in [-0.39, 0.29) is 11.3 Å². The second-order valence-corrected chi connectivity index (χ2v) is 5.88. The number of carbonyl (C=O) groups is 2. The summed E-state index contributed by atoms with van der Waals surface area (Å²) >= 11 is 0. The average molecular weight is 376 g/mol. The summed E-state index contributed by atoms with van der Waals surface area (Å²) in [5.41, 5.74) is 2.42. The van der Waals surface area contributed by atoms with Gasteiger partial charge in [0.2, 0.25) is 0 Å². The molecule has 0 atom stereocenters. The van der Waals surface area contributed by atoms with Crippen molar-refractivity contribution in [3.8, 4) is 11.1 Å². The van der Waals surface area contributed by atoms with Gasteiger partial charge in [0.05, 0.1) is 10.5 Å². The molecule has 0 saturated carbocycles. The van der Waals surface area contributed by atoms with Gasteiger partial charge < -0.3 is 10.1 Å². The molecular weight excluding hydrogens is 360 g/mol. The van der Waals surface area contributed by atoms with Gasteiger partial charge in [-0.2, -0.15) is 0 Å². The predicted molar refractivity (Wildman–Crippen MR) is 104 cm³/mol. The molecule has 1 N–H and O–H groups in total. The number of anilines is 1. The van der Waals surface area contributed by atoms with Crippen molar-refractivity contribution in [1.82, 2.24) is 0 Å². The molecule has 0 fully saturated rings. The van der Waals surface area contributed by atoms with E-state index in [0.29, 0.717) is 5.69 Å². The fraction of sp³-hybridized carbons (Fsp3) is 0.0476. The molecule has 0 aromatic heterocycles. The van der Waals surface area contributed by atoms with Crippen LogP contribution in [0.5, 0.6) is 0 Å². The maximum atomic E-state index is 12.0. The lowest BCUT2D eigenvalue weighted by Gasteiger charge is -2.08. The summed E-state index contributed by atoms with van der Waals surface area (Å²) in [5.74, 6) is -1.32. The number of ether oxygens (including phenoxy) is 1. The van der Waals surface area contributed by atoms with E-state index >= 15 is 0 Å². The zero-order chi connectivity index (χ0) is 19.9. The number of esters is 1. The van der Waals surface area contributed by atoms with Gasteiger partial charge in [0.15, 0.2) is 6.61 Å². The summed E-state index contributed by atoms with van der Waals surface area (Å²) in [6, 6.07) is 22.2. The number of nitro benzene ring substituents is 1. The first-order valence-electron chi connectivity index (χ1n) is 8.40. The number of non-ortho nitro benzene ring substituents is 1. The second-order valence-electron chi connectivity index (χ2n) is 5.88. The third-order valence-corrected chi connectivity index (χ3v) is 3.90. The van der Waals surface area contributed by atoms with E-state index in [4.69, 9.17) is 4.74 Å². The summed E-state index contributed by atoms with van der Waals surface area (Å²) in [7, 11) is 0. The van der Waals surface area contributed by atoms with Crippen molar-refractivity contribution in [1.29, 1.82) is 0 Å². The highest BCUT2D eigenvalue weighted by molar-refractivity contribution is 5.95. The molecule has 0 radical (unpaired) electrons. The first-order valence-corrected chi connectivity index (χ1v) is 8.40. The van der Waals surface area contributed by atoms with E-state index in [1.807, 2.05) is 42.5 Å². The first-order chi connectivity index (χ1) is 13.5. The molecule has 0 bridgehead atoms. The summed E-state index contributed by atoms with van der Waals surface area (Å²) < 4.78 is 4.92. The van der Waals surface area contributed by atoms with Crippen LogP contribution in [-0.4, -0.2) is 23.4 Å². The van der Waals surface area contributed by atoms with Gasteiger partial charge >= 0.3 is 5.97 Å². The smallest absolute Gasteiger partial charge is 0.338 e. The monoisotopic (exact) mass is 376 g/mol. The van der Waals surface area contributed by atoms with Gasteiger partial charge in [-0.25, -0.2) is 4.79 Å². The van der Waals surface area contributed by atoms with Crippen molar-refractivity contribution in [2.75, 3.05) is 11.9 Å². The highest BCUT2D eigenvalue weighted by Gasteiger charge is 2.14. The third-order valence-electron chi connectivity index (χ3n) is 3.90.